The number of carbonyl (C=O) groups is 2. The molecule has 0 aromatic heterocycles. The molecule has 1 fully saturated rings. The third-order valence-corrected chi connectivity index (χ3v) is 4.58. The Balaban J connectivity index is 2.00. The number of hydrogen-bond acceptors (Lipinski definition) is 5. The second-order valence-corrected chi connectivity index (χ2v) is 6.17. The Labute approximate surface area is 148 Å². The molecule has 0 N–H and O–H groups in total. The van der Waals surface area contributed by atoms with E-state index in [2.05, 4.69) is 0 Å². The first kappa shape index (κ1) is 17.5. The summed E-state index contributed by atoms with van der Waals surface area (Å²) in [6.45, 7) is 4.88. The van der Waals surface area contributed by atoms with Gasteiger partial charge in [-0.2, -0.15) is 0 Å². The minimum Gasteiger partial charge on any atom is -0.497 e. The Morgan fingerprint density at radius 3 is 2.36 bits per heavy atom. The summed E-state index contributed by atoms with van der Waals surface area (Å²) in [5, 5.41) is 0. The van der Waals surface area contributed by atoms with Crippen LogP contribution >= 0.6 is 0 Å². The summed E-state index contributed by atoms with van der Waals surface area (Å²) in [5.74, 6) is 0.327. The molecular weight excluding hydrogens is 320 g/mol. The van der Waals surface area contributed by atoms with Crippen LogP contribution in [-0.2, 0) is 14.3 Å². The molecule has 0 bridgehead atoms. The summed E-state index contributed by atoms with van der Waals surface area (Å²) in [7, 11) is 1.60. The second-order valence-electron chi connectivity index (χ2n) is 6.17. The number of hydrogen-bond donors (Lipinski definition) is 0. The van der Waals surface area contributed by atoms with Crippen LogP contribution in [0.25, 0.3) is 5.57 Å². The van der Waals surface area contributed by atoms with Gasteiger partial charge in [-0.1, -0.05) is 25.5 Å². The zero-order valence-corrected chi connectivity index (χ0v) is 14.8. The fourth-order valence-electron chi connectivity index (χ4n) is 3.18. The van der Waals surface area contributed by atoms with E-state index in [0.29, 0.717) is 44.1 Å². The molecule has 2 heterocycles. The van der Waals surface area contributed by atoms with E-state index in [-0.39, 0.29) is 11.8 Å². The van der Waals surface area contributed by atoms with E-state index in [4.69, 9.17) is 9.47 Å². The van der Waals surface area contributed by atoms with Crippen molar-refractivity contribution >= 4 is 17.4 Å². The normalized spacial score (nSPS) is 18.3. The Kier molecular flexibility index (Phi) is 5.38. The van der Waals surface area contributed by atoms with Crippen molar-refractivity contribution in [1.29, 1.82) is 0 Å². The maximum atomic E-state index is 13.0. The molecule has 2 aliphatic rings. The van der Waals surface area contributed by atoms with Gasteiger partial charge in [0.1, 0.15) is 11.4 Å². The fraction of sp³-hybridized carbons (Fsp3) is 0.474. The molecule has 2 amide bonds. The van der Waals surface area contributed by atoms with Gasteiger partial charge in [-0.15, -0.1) is 0 Å². The van der Waals surface area contributed by atoms with Crippen LogP contribution in [0.4, 0.5) is 0 Å². The summed E-state index contributed by atoms with van der Waals surface area (Å²) in [4.78, 5) is 29.3. The lowest BCUT2D eigenvalue weighted by molar-refractivity contribution is -0.137. The van der Waals surface area contributed by atoms with Crippen LogP contribution in [0.2, 0.25) is 0 Å². The van der Waals surface area contributed by atoms with E-state index in [0.717, 1.165) is 24.2 Å². The molecule has 0 unspecified atom stereocenters. The summed E-state index contributed by atoms with van der Waals surface area (Å²) in [6, 6.07) is 7.30. The van der Waals surface area contributed by atoms with E-state index in [1.165, 1.54) is 4.90 Å². The Morgan fingerprint density at radius 1 is 1.08 bits per heavy atom. The molecule has 0 atom stereocenters. The maximum absolute atomic E-state index is 13.0. The molecule has 134 valence electrons. The van der Waals surface area contributed by atoms with Gasteiger partial charge in [0.15, 0.2) is 0 Å². The van der Waals surface area contributed by atoms with Gasteiger partial charge in [-0.25, -0.2) is 0 Å². The monoisotopic (exact) mass is 344 g/mol. The molecule has 2 aliphatic heterocycles. The van der Waals surface area contributed by atoms with Gasteiger partial charge < -0.3 is 14.4 Å². The maximum Gasteiger partial charge on any atom is 0.277 e. The first-order chi connectivity index (χ1) is 12.2. The molecule has 6 nitrogen and oxygen atoms in total. The van der Waals surface area contributed by atoms with Crippen LogP contribution in [0, 0.1) is 0 Å². The number of amides is 2. The molecule has 0 aliphatic carbocycles. The van der Waals surface area contributed by atoms with E-state index in [1.807, 2.05) is 36.1 Å². The number of morpholine rings is 1. The van der Waals surface area contributed by atoms with E-state index in [1.54, 1.807) is 7.11 Å². The zero-order chi connectivity index (χ0) is 17.8. The van der Waals surface area contributed by atoms with Gasteiger partial charge in [0.25, 0.3) is 11.8 Å². The third-order valence-electron chi connectivity index (χ3n) is 4.58. The Bertz CT molecular complexity index is 675. The number of benzene rings is 1. The third kappa shape index (κ3) is 3.39. The van der Waals surface area contributed by atoms with Crippen molar-refractivity contribution in [3.63, 3.8) is 0 Å². The number of nitrogens with zero attached hydrogens (tertiary/aromatic N) is 2. The van der Waals surface area contributed by atoms with Crippen molar-refractivity contribution in [2.75, 3.05) is 40.0 Å². The smallest absolute Gasteiger partial charge is 0.277 e. The predicted molar refractivity (Wildman–Crippen MR) is 93.9 cm³/mol. The van der Waals surface area contributed by atoms with E-state index < -0.39 is 0 Å². The van der Waals surface area contributed by atoms with Crippen LogP contribution in [0.15, 0.2) is 30.0 Å². The lowest BCUT2D eigenvalue weighted by atomic mass is 10.0. The molecule has 3 rings (SSSR count). The van der Waals surface area contributed by atoms with Crippen molar-refractivity contribution in [2.24, 2.45) is 0 Å². The van der Waals surface area contributed by atoms with Crippen LogP contribution in [-0.4, -0.2) is 61.6 Å². The molecular formula is C19H24N2O4. The first-order valence-electron chi connectivity index (χ1n) is 8.75. The number of carbonyl (C=O) groups excluding carboxylic acids is 2. The highest BCUT2D eigenvalue weighted by atomic mass is 16.5. The number of unbranched alkanes of at least 4 members (excludes halogenated alkanes) is 1. The molecule has 25 heavy (non-hydrogen) atoms. The average molecular weight is 344 g/mol. The van der Waals surface area contributed by atoms with Crippen molar-refractivity contribution in [3.8, 4) is 5.75 Å². The van der Waals surface area contributed by atoms with Crippen LogP contribution in [0.5, 0.6) is 5.75 Å². The topological polar surface area (TPSA) is 59.1 Å². The lowest BCUT2D eigenvalue weighted by Gasteiger charge is -2.29. The average Bonchev–Trinajstić information content (AvgIpc) is 2.91. The standard InChI is InChI=1S/C19H24N2O4/c1-3-4-9-21-18(22)16(14-5-7-15(24-2)8-6-14)17(19(21)23)20-10-12-25-13-11-20/h5-8H,3-4,9-13H2,1-2H3. The number of ether oxygens (including phenoxy) is 2. The molecule has 1 aromatic rings. The van der Waals surface area contributed by atoms with Gasteiger partial charge in [0.2, 0.25) is 0 Å². The van der Waals surface area contributed by atoms with Crippen molar-refractivity contribution in [3.05, 3.63) is 35.5 Å². The Hall–Kier alpha value is -2.34. The van der Waals surface area contributed by atoms with Gasteiger partial charge >= 0.3 is 0 Å². The van der Waals surface area contributed by atoms with E-state index in [9.17, 15) is 9.59 Å². The van der Waals surface area contributed by atoms with Gasteiger partial charge in [-0.3, -0.25) is 14.5 Å². The summed E-state index contributed by atoms with van der Waals surface area (Å²) in [6.07, 6.45) is 1.74. The number of methoxy groups -OCH3 is 1. The van der Waals surface area contributed by atoms with E-state index >= 15 is 0 Å². The van der Waals surface area contributed by atoms with Crippen molar-refractivity contribution in [1.82, 2.24) is 9.80 Å². The molecule has 0 radical (unpaired) electrons. The second kappa shape index (κ2) is 7.70. The van der Waals surface area contributed by atoms with Crippen LogP contribution in [0.1, 0.15) is 25.3 Å². The van der Waals surface area contributed by atoms with Gasteiger partial charge in [0, 0.05) is 19.6 Å². The van der Waals surface area contributed by atoms with Crippen molar-refractivity contribution < 1.29 is 19.1 Å². The summed E-state index contributed by atoms with van der Waals surface area (Å²) in [5.41, 5.74) is 1.75. The number of imide groups is 1. The van der Waals surface area contributed by atoms with Gasteiger partial charge in [0.05, 0.1) is 25.9 Å². The first-order valence-corrected chi connectivity index (χ1v) is 8.75. The quantitative estimate of drug-likeness (QED) is 0.738. The molecule has 6 heteroatoms. The highest BCUT2D eigenvalue weighted by molar-refractivity contribution is 6.35. The van der Waals surface area contributed by atoms with Crippen LogP contribution < -0.4 is 4.74 Å². The highest BCUT2D eigenvalue weighted by Gasteiger charge is 2.41. The fourth-order valence-corrected chi connectivity index (χ4v) is 3.18. The lowest BCUT2D eigenvalue weighted by Crippen LogP contribution is -2.40. The zero-order valence-electron chi connectivity index (χ0n) is 14.8. The predicted octanol–water partition coefficient (Wildman–Crippen LogP) is 1.91. The van der Waals surface area contributed by atoms with Crippen LogP contribution in [0.3, 0.4) is 0 Å². The Morgan fingerprint density at radius 2 is 1.76 bits per heavy atom. The molecule has 0 saturated carbocycles. The minimum absolute atomic E-state index is 0.189. The SMILES string of the molecule is CCCCN1C(=O)C(c2ccc(OC)cc2)=C(N2CCOCC2)C1=O. The van der Waals surface area contributed by atoms with Crippen molar-refractivity contribution in [2.45, 2.75) is 19.8 Å². The molecule has 1 saturated heterocycles. The number of rotatable bonds is 6. The molecule has 0 spiro atoms. The highest BCUT2D eigenvalue weighted by Crippen LogP contribution is 2.33. The molecule has 1 aromatic carbocycles. The minimum atomic E-state index is -0.204. The largest absolute Gasteiger partial charge is 0.497 e. The summed E-state index contributed by atoms with van der Waals surface area (Å²) >= 11 is 0. The van der Waals surface area contributed by atoms with Gasteiger partial charge in [-0.05, 0) is 24.1 Å². The summed E-state index contributed by atoms with van der Waals surface area (Å²) < 4.78 is 10.6.